The van der Waals surface area contributed by atoms with Crippen molar-refractivity contribution < 1.29 is 18.0 Å². The van der Waals surface area contributed by atoms with Crippen LogP contribution in [0.4, 0.5) is 13.2 Å². The molecule has 0 spiro atoms. The van der Waals surface area contributed by atoms with Crippen LogP contribution in [0, 0.1) is 0 Å². The van der Waals surface area contributed by atoms with E-state index >= 15 is 0 Å². The third-order valence-electron chi connectivity index (χ3n) is 2.13. The fourth-order valence-electron chi connectivity index (χ4n) is 1.22. The molecule has 5 nitrogen and oxygen atoms in total. The quantitative estimate of drug-likeness (QED) is 0.690. The van der Waals surface area contributed by atoms with Crippen molar-refractivity contribution in [1.82, 2.24) is 10.3 Å². The molecule has 4 N–H and O–H groups in total. The lowest BCUT2D eigenvalue weighted by Gasteiger charge is -2.07. The molecule has 1 rings (SSSR count). The van der Waals surface area contributed by atoms with Crippen molar-refractivity contribution in [2.45, 2.75) is 12.6 Å². The Hall–Kier alpha value is -1.83. The number of carbonyl (C=O) groups excluding carboxylic acids is 1. The minimum absolute atomic E-state index is 0.260. The van der Waals surface area contributed by atoms with E-state index in [4.69, 9.17) is 5.73 Å². The number of nitrogens with one attached hydrogen (secondary N) is 2. The van der Waals surface area contributed by atoms with Crippen molar-refractivity contribution >= 4 is 5.91 Å². The van der Waals surface area contributed by atoms with Crippen LogP contribution in [0.5, 0.6) is 0 Å². The first-order valence-corrected chi connectivity index (χ1v) is 5.15. The highest BCUT2D eigenvalue weighted by molar-refractivity contribution is 5.93. The second kappa shape index (κ2) is 5.67. The van der Waals surface area contributed by atoms with Gasteiger partial charge in [0.2, 0.25) is 0 Å². The summed E-state index contributed by atoms with van der Waals surface area (Å²) < 4.78 is 36.8. The fourth-order valence-corrected chi connectivity index (χ4v) is 1.22. The van der Waals surface area contributed by atoms with Gasteiger partial charge in [-0.1, -0.05) is 0 Å². The number of nitrogens with two attached hydrogens (primary N) is 1. The van der Waals surface area contributed by atoms with Crippen LogP contribution in [0.25, 0.3) is 0 Å². The van der Waals surface area contributed by atoms with Crippen molar-refractivity contribution in [3.05, 3.63) is 33.7 Å². The second-order valence-corrected chi connectivity index (χ2v) is 3.51. The number of halogens is 3. The van der Waals surface area contributed by atoms with Gasteiger partial charge >= 0.3 is 6.18 Å². The van der Waals surface area contributed by atoms with Crippen molar-refractivity contribution in [2.24, 2.45) is 5.73 Å². The summed E-state index contributed by atoms with van der Waals surface area (Å²) in [4.78, 5) is 24.4. The van der Waals surface area contributed by atoms with E-state index in [0.717, 1.165) is 6.07 Å². The van der Waals surface area contributed by atoms with Gasteiger partial charge in [-0.05, 0) is 25.1 Å². The zero-order valence-corrected chi connectivity index (χ0v) is 9.30. The summed E-state index contributed by atoms with van der Waals surface area (Å²) in [6.07, 6.45) is -4.13. The van der Waals surface area contributed by atoms with Gasteiger partial charge in [-0.15, -0.1) is 0 Å². The highest BCUT2D eigenvalue weighted by Crippen LogP contribution is 2.26. The van der Waals surface area contributed by atoms with Gasteiger partial charge in [0.1, 0.15) is 11.3 Å². The lowest BCUT2D eigenvalue weighted by atomic mass is 10.2. The highest BCUT2D eigenvalue weighted by atomic mass is 19.4. The summed E-state index contributed by atoms with van der Waals surface area (Å²) in [6.45, 7) is 0.624. The Balaban J connectivity index is 2.86. The molecule has 1 heterocycles. The monoisotopic (exact) mass is 263 g/mol. The molecule has 0 saturated carbocycles. The largest absolute Gasteiger partial charge is 0.431 e. The number of hydrogen-bond donors (Lipinski definition) is 3. The van der Waals surface area contributed by atoms with Crippen LogP contribution in [0.3, 0.4) is 0 Å². The molecule has 18 heavy (non-hydrogen) atoms. The van der Waals surface area contributed by atoms with E-state index in [1.54, 1.807) is 4.98 Å². The maximum atomic E-state index is 12.3. The predicted octanol–water partition coefficient (Wildman–Crippen LogP) is 0.472. The SMILES string of the molecule is NCCCNC(=O)c1ccc(C(F)(F)F)[nH]c1=O. The maximum Gasteiger partial charge on any atom is 0.431 e. The molecule has 0 aromatic carbocycles. The van der Waals surface area contributed by atoms with E-state index in [0.29, 0.717) is 19.0 Å². The Morgan fingerprint density at radius 1 is 1.39 bits per heavy atom. The highest BCUT2D eigenvalue weighted by Gasteiger charge is 2.32. The Morgan fingerprint density at radius 3 is 2.56 bits per heavy atom. The molecule has 1 aromatic rings. The Morgan fingerprint density at radius 2 is 2.06 bits per heavy atom. The molecule has 0 aliphatic rings. The molecule has 0 radical (unpaired) electrons. The first-order chi connectivity index (χ1) is 8.36. The van der Waals surface area contributed by atoms with Gasteiger partial charge in [-0.3, -0.25) is 9.59 Å². The average molecular weight is 263 g/mol. The number of hydrogen-bond acceptors (Lipinski definition) is 3. The number of rotatable bonds is 4. The first-order valence-electron chi connectivity index (χ1n) is 5.15. The summed E-state index contributed by atoms with van der Waals surface area (Å²) in [6, 6.07) is 1.50. The summed E-state index contributed by atoms with van der Waals surface area (Å²) >= 11 is 0. The van der Waals surface area contributed by atoms with Gasteiger partial charge in [0.05, 0.1) is 0 Å². The molecule has 0 unspecified atom stereocenters. The van der Waals surface area contributed by atoms with Crippen LogP contribution in [0.2, 0.25) is 0 Å². The number of pyridine rings is 1. The number of alkyl halides is 3. The zero-order valence-electron chi connectivity index (χ0n) is 9.30. The summed E-state index contributed by atoms with van der Waals surface area (Å²) in [5, 5.41) is 2.38. The lowest BCUT2D eigenvalue weighted by Crippen LogP contribution is -2.32. The smallest absolute Gasteiger partial charge is 0.352 e. The molecule has 0 aliphatic carbocycles. The Bertz CT molecular complexity index is 482. The average Bonchev–Trinajstić information content (AvgIpc) is 2.27. The standard InChI is InChI=1S/C10H12F3N3O2/c11-10(12,13)7-3-2-6(9(18)16-7)8(17)15-5-1-4-14/h2-3H,1,4-5,14H2,(H,15,17)(H,16,18). The third kappa shape index (κ3) is 3.59. The van der Waals surface area contributed by atoms with Crippen molar-refractivity contribution in [3.8, 4) is 0 Å². The summed E-state index contributed by atoms with van der Waals surface area (Å²) in [5.41, 5.74) is 2.58. The number of carbonyl (C=O) groups is 1. The summed E-state index contributed by atoms with van der Waals surface area (Å²) in [5.74, 6) is -0.724. The Kier molecular flexibility index (Phi) is 4.49. The van der Waals surface area contributed by atoms with Crippen LogP contribution in [0.1, 0.15) is 22.5 Å². The topological polar surface area (TPSA) is 88.0 Å². The van der Waals surface area contributed by atoms with Crippen LogP contribution < -0.4 is 16.6 Å². The molecule has 0 saturated heterocycles. The normalized spacial score (nSPS) is 11.3. The summed E-state index contributed by atoms with van der Waals surface area (Å²) in [7, 11) is 0. The van der Waals surface area contributed by atoms with E-state index in [-0.39, 0.29) is 12.1 Å². The fraction of sp³-hybridized carbons (Fsp3) is 0.400. The van der Waals surface area contributed by atoms with Gasteiger partial charge in [-0.25, -0.2) is 0 Å². The number of H-pyrrole nitrogens is 1. The van der Waals surface area contributed by atoms with E-state index in [1.807, 2.05) is 0 Å². The molecule has 0 fully saturated rings. The lowest BCUT2D eigenvalue weighted by molar-refractivity contribution is -0.141. The van der Waals surface area contributed by atoms with Gasteiger partial charge in [0.25, 0.3) is 11.5 Å². The van der Waals surface area contributed by atoms with Gasteiger partial charge < -0.3 is 16.0 Å². The van der Waals surface area contributed by atoms with Crippen LogP contribution in [-0.4, -0.2) is 24.0 Å². The number of aromatic amines is 1. The molecule has 1 aromatic heterocycles. The van der Waals surface area contributed by atoms with Crippen LogP contribution in [0.15, 0.2) is 16.9 Å². The molecule has 0 bridgehead atoms. The van der Waals surface area contributed by atoms with Gasteiger partial charge in [0.15, 0.2) is 0 Å². The van der Waals surface area contributed by atoms with E-state index in [2.05, 4.69) is 5.32 Å². The van der Waals surface area contributed by atoms with Gasteiger partial charge in [0, 0.05) is 6.54 Å². The van der Waals surface area contributed by atoms with Crippen LogP contribution >= 0.6 is 0 Å². The molecule has 8 heteroatoms. The first kappa shape index (κ1) is 14.2. The van der Waals surface area contributed by atoms with Crippen molar-refractivity contribution in [3.63, 3.8) is 0 Å². The molecular formula is C10H12F3N3O2. The zero-order chi connectivity index (χ0) is 13.8. The molecule has 1 amide bonds. The van der Waals surface area contributed by atoms with E-state index < -0.39 is 23.3 Å². The molecule has 0 atom stereocenters. The number of amides is 1. The minimum atomic E-state index is -4.65. The van der Waals surface area contributed by atoms with Crippen LogP contribution in [-0.2, 0) is 6.18 Å². The second-order valence-electron chi connectivity index (χ2n) is 3.51. The molecular weight excluding hydrogens is 251 g/mol. The van der Waals surface area contributed by atoms with E-state index in [9.17, 15) is 22.8 Å². The minimum Gasteiger partial charge on any atom is -0.352 e. The number of aromatic nitrogens is 1. The van der Waals surface area contributed by atoms with Gasteiger partial charge in [-0.2, -0.15) is 13.2 Å². The predicted molar refractivity (Wildman–Crippen MR) is 58.1 cm³/mol. The molecule has 0 aliphatic heterocycles. The van der Waals surface area contributed by atoms with E-state index in [1.165, 1.54) is 0 Å². The van der Waals surface area contributed by atoms with Crippen molar-refractivity contribution in [2.75, 3.05) is 13.1 Å². The third-order valence-corrected chi connectivity index (χ3v) is 2.13. The Labute approximate surface area is 100 Å². The van der Waals surface area contributed by atoms with Crippen molar-refractivity contribution in [1.29, 1.82) is 0 Å². The maximum absolute atomic E-state index is 12.3. The molecule has 100 valence electrons.